The van der Waals surface area contributed by atoms with E-state index >= 15 is 0 Å². The van der Waals surface area contributed by atoms with E-state index < -0.39 is 6.67 Å². The minimum absolute atomic E-state index is 0.273. The number of hydroxylamine groups is 1. The Bertz CT molecular complexity index is 329. The fourth-order valence-corrected chi connectivity index (χ4v) is 2.07. The summed E-state index contributed by atoms with van der Waals surface area (Å²) in [5.41, 5.74) is 7.56. The zero-order valence-corrected chi connectivity index (χ0v) is 10.4. The summed E-state index contributed by atoms with van der Waals surface area (Å²) in [5, 5.41) is 0. The first-order chi connectivity index (χ1) is 7.58. The molecule has 0 aliphatic rings. The highest BCUT2D eigenvalue weighted by atomic mass is 19.1. The van der Waals surface area contributed by atoms with Crippen molar-refractivity contribution in [1.29, 1.82) is 0 Å². The van der Waals surface area contributed by atoms with Crippen molar-refractivity contribution in [2.45, 2.75) is 33.2 Å². The van der Waals surface area contributed by atoms with Gasteiger partial charge in [-0.25, -0.2) is 4.39 Å². The zero-order valence-electron chi connectivity index (χ0n) is 10.4. The van der Waals surface area contributed by atoms with E-state index in [0.29, 0.717) is 6.42 Å². The molecule has 0 radical (unpaired) electrons. The molecule has 0 spiro atoms. The molecule has 1 aromatic carbocycles. The maximum atomic E-state index is 12.7. The summed E-state index contributed by atoms with van der Waals surface area (Å²) in [7, 11) is 1.51. The molecule has 3 heteroatoms. The number of nitrogens with one attached hydrogen (secondary N) is 1. The van der Waals surface area contributed by atoms with Gasteiger partial charge in [-0.2, -0.15) is 5.48 Å². The highest BCUT2D eigenvalue weighted by Crippen LogP contribution is 2.18. The fraction of sp³-hybridized carbons (Fsp3) is 0.538. The van der Waals surface area contributed by atoms with Crippen LogP contribution in [0.5, 0.6) is 0 Å². The highest BCUT2D eigenvalue weighted by Gasteiger charge is 2.12. The van der Waals surface area contributed by atoms with Crippen LogP contribution in [0.4, 0.5) is 4.39 Å². The van der Waals surface area contributed by atoms with Crippen LogP contribution in [0.3, 0.4) is 0 Å². The first-order valence-electron chi connectivity index (χ1n) is 5.49. The number of hydrogen-bond acceptors (Lipinski definition) is 2. The maximum absolute atomic E-state index is 12.7. The quantitative estimate of drug-likeness (QED) is 0.778. The third kappa shape index (κ3) is 3.29. The Labute approximate surface area is 96.8 Å². The number of alkyl halides is 1. The Hall–Kier alpha value is -0.930. The smallest absolute Gasteiger partial charge is 0.107 e. The Morgan fingerprint density at radius 2 is 1.81 bits per heavy atom. The molecule has 2 nitrogen and oxygen atoms in total. The van der Waals surface area contributed by atoms with Gasteiger partial charge in [0.1, 0.15) is 6.67 Å². The average molecular weight is 225 g/mol. The third-order valence-corrected chi connectivity index (χ3v) is 2.76. The van der Waals surface area contributed by atoms with Crippen molar-refractivity contribution >= 4 is 0 Å². The third-order valence-electron chi connectivity index (χ3n) is 2.76. The van der Waals surface area contributed by atoms with Gasteiger partial charge in [0.15, 0.2) is 0 Å². The number of rotatable bonds is 5. The number of hydrogen-bond donors (Lipinski definition) is 1. The molecule has 1 rings (SSSR count). The van der Waals surface area contributed by atoms with Gasteiger partial charge in [0, 0.05) is 0 Å². The van der Waals surface area contributed by atoms with Gasteiger partial charge in [0.25, 0.3) is 0 Å². The molecule has 90 valence electrons. The second-order valence-electron chi connectivity index (χ2n) is 4.25. The Morgan fingerprint density at radius 1 is 1.25 bits per heavy atom. The van der Waals surface area contributed by atoms with Crippen molar-refractivity contribution in [1.82, 2.24) is 5.48 Å². The van der Waals surface area contributed by atoms with E-state index in [0.717, 1.165) is 0 Å². The molecule has 16 heavy (non-hydrogen) atoms. The molecule has 1 N–H and O–H groups in total. The molecular formula is C13H20FNO. The van der Waals surface area contributed by atoms with Crippen molar-refractivity contribution in [3.8, 4) is 0 Å². The van der Waals surface area contributed by atoms with Crippen molar-refractivity contribution in [3.05, 3.63) is 34.4 Å². The summed E-state index contributed by atoms with van der Waals surface area (Å²) < 4.78 is 12.7. The van der Waals surface area contributed by atoms with E-state index in [1.54, 1.807) is 0 Å². The Morgan fingerprint density at radius 3 is 2.25 bits per heavy atom. The van der Waals surface area contributed by atoms with E-state index in [-0.39, 0.29) is 6.04 Å². The van der Waals surface area contributed by atoms with Gasteiger partial charge in [-0.05, 0) is 43.9 Å². The first-order valence-corrected chi connectivity index (χ1v) is 5.49. The van der Waals surface area contributed by atoms with Crippen LogP contribution in [-0.4, -0.2) is 19.8 Å². The second-order valence-corrected chi connectivity index (χ2v) is 4.25. The van der Waals surface area contributed by atoms with Crippen LogP contribution < -0.4 is 5.48 Å². The fourth-order valence-electron chi connectivity index (χ4n) is 2.07. The SMILES string of the molecule is CONC(CF)Cc1c(C)cc(C)cc1C. The number of halogens is 1. The molecule has 1 aromatic rings. The van der Waals surface area contributed by atoms with Crippen LogP contribution in [0.15, 0.2) is 12.1 Å². The average Bonchev–Trinajstić information content (AvgIpc) is 2.21. The molecule has 0 aliphatic carbocycles. The van der Waals surface area contributed by atoms with Gasteiger partial charge in [0.2, 0.25) is 0 Å². The topological polar surface area (TPSA) is 21.3 Å². The van der Waals surface area contributed by atoms with Crippen LogP contribution >= 0.6 is 0 Å². The Kier molecular flexibility index (Phi) is 4.90. The molecule has 1 atom stereocenters. The lowest BCUT2D eigenvalue weighted by atomic mass is 9.95. The first kappa shape index (κ1) is 13.1. The lowest BCUT2D eigenvalue weighted by molar-refractivity contribution is 0.0526. The number of aryl methyl sites for hydroxylation is 3. The van der Waals surface area contributed by atoms with Crippen LogP contribution in [0.25, 0.3) is 0 Å². The van der Waals surface area contributed by atoms with Gasteiger partial charge in [0.05, 0.1) is 13.2 Å². The summed E-state index contributed by atoms with van der Waals surface area (Å²) in [6.07, 6.45) is 0.655. The largest absolute Gasteiger partial charge is 0.305 e. The normalized spacial score (nSPS) is 12.8. The molecule has 0 saturated carbocycles. The summed E-state index contributed by atoms with van der Waals surface area (Å²) in [5.74, 6) is 0. The van der Waals surface area contributed by atoms with E-state index in [9.17, 15) is 4.39 Å². The lowest BCUT2D eigenvalue weighted by Crippen LogP contribution is -2.32. The predicted molar refractivity (Wildman–Crippen MR) is 64.3 cm³/mol. The minimum Gasteiger partial charge on any atom is -0.305 e. The van der Waals surface area contributed by atoms with E-state index in [2.05, 4.69) is 38.4 Å². The second kappa shape index (κ2) is 5.97. The summed E-state index contributed by atoms with van der Waals surface area (Å²) in [6.45, 7) is 5.78. The summed E-state index contributed by atoms with van der Waals surface area (Å²) >= 11 is 0. The monoisotopic (exact) mass is 225 g/mol. The van der Waals surface area contributed by atoms with Crippen molar-refractivity contribution < 1.29 is 9.23 Å². The molecular weight excluding hydrogens is 205 g/mol. The van der Waals surface area contributed by atoms with Gasteiger partial charge >= 0.3 is 0 Å². The highest BCUT2D eigenvalue weighted by molar-refractivity contribution is 5.37. The molecule has 0 aliphatic heterocycles. The lowest BCUT2D eigenvalue weighted by Gasteiger charge is -2.17. The van der Waals surface area contributed by atoms with Gasteiger partial charge in [-0.15, -0.1) is 0 Å². The van der Waals surface area contributed by atoms with Crippen LogP contribution in [0.1, 0.15) is 22.3 Å². The molecule has 0 amide bonds. The van der Waals surface area contributed by atoms with Crippen molar-refractivity contribution in [2.24, 2.45) is 0 Å². The standard InChI is InChI=1S/C13H20FNO/c1-9-5-10(2)13(11(3)6-9)7-12(8-14)15-16-4/h5-6,12,15H,7-8H2,1-4H3. The molecule has 1 unspecified atom stereocenters. The molecule has 0 aromatic heterocycles. The Balaban J connectivity index is 2.87. The van der Waals surface area contributed by atoms with E-state index in [1.165, 1.54) is 29.4 Å². The van der Waals surface area contributed by atoms with Gasteiger partial charge in [-0.3, -0.25) is 0 Å². The van der Waals surface area contributed by atoms with Crippen LogP contribution in [0.2, 0.25) is 0 Å². The molecule has 0 fully saturated rings. The summed E-state index contributed by atoms with van der Waals surface area (Å²) in [6, 6.07) is 3.99. The van der Waals surface area contributed by atoms with Gasteiger partial charge < -0.3 is 4.84 Å². The minimum atomic E-state index is -0.430. The predicted octanol–water partition coefficient (Wildman–Crippen LogP) is 2.64. The van der Waals surface area contributed by atoms with Gasteiger partial charge in [-0.1, -0.05) is 17.7 Å². The molecule has 0 bridgehead atoms. The van der Waals surface area contributed by atoms with Crippen molar-refractivity contribution in [3.63, 3.8) is 0 Å². The van der Waals surface area contributed by atoms with E-state index in [4.69, 9.17) is 4.84 Å². The van der Waals surface area contributed by atoms with Crippen LogP contribution in [0, 0.1) is 20.8 Å². The van der Waals surface area contributed by atoms with E-state index in [1.807, 2.05) is 0 Å². The van der Waals surface area contributed by atoms with Crippen molar-refractivity contribution in [2.75, 3.05) is 13.8 Å². The van der Waals surface area contributed by atoms with Crippen LogP contribution in [-0.2, 0) is 11.3 Å². The molecule has 0 heterocycles. The number of benzene rings is 1. The zero-order chi connectivity index (χ0) is 12.1. The summed E-state index contributed by atoms with van der Waals surface area (Å²) in [4.78, 5) is 4.78. The maximum Gasteiger partial charge on any atom is 0.107 e. The molecule has 0 saturated heterocycles.